The zero-order chi connectivity index (χ0) is 15.1. The summed E-state index contributed by atoms with van der Waals surface area (Å²) in [5.74, 6) is 0.705. The Kier molecular flexibility index (Phi) is 3.43. The molecule has 0 spiro atoms. The van der Waals surface area contributed by atoms with Crippen LogP contribution in [-0.4, -0.2) is 9.97 Å². The van der Waals surface area contributed by atoms with Gasteiger partial charge in [-0.2, -0.15) is 0 Å². The molecule has 0 amide bonds. The van der Waals surface area contributed by atoms with Crippen molar-refractivity contribution in [3.63, 3.8) is 0 Å². The second kappa shape index (κ2) is 5.45. The molecular weight excluding hydrogens is 404 g/mol. The minimum atomic E-state index is 0.705. The van der Waals surface area contributed by atoms with Gasteiger partial charge in [0, 0.05) is 11.6 Å². The summed E-state index contributed by atoms with van der Waals surface area (Å²) in [6.45, 7) is 0. The van der Waals surface area contributed by atoms with Crippen LogP contribution < -0.4 is 0 Å². The van der Waals surface area contributed by atoms with E-state index in [0.717, 1.165) is 14.8 Å². The quantitative estimate of drug-likeness (QED) is 0.283. The van der Waals surface area contributed by atoms with E-state index in [1.54, 1.807) is 0 Å². The van der Waals surface area contributed by atoms with Crippen molar-refractivity contribution >= 4 is 53.4 Å². The molecule has 0 aliphatic heterocycles. The molecule has 1 heterocycles. The SMILES string of the molecule is Brc1cc(Br)nc(-c2ccc3c(ccc4ccccc43)c2)n1. The van der Waals surface area contributed by atoms with Crippen LogP contribution in [-0.2, 0) is 0 Å². The Labute approximate surface area is 144 Å². The van der Waals surface area contributed by atoms with Crippen LogP contribution in [0.1, 0.15) is 0 Å². The lowest BCUT2D eigenvalue weighted by atomic mass is 10.00. The Morgan fingerprint density at radius 3 is 2.14 bits per heavy atom. The average Bonchev–Trinajstić information content (AvgIpc) is 2.53. The van der Waals surface area contributed by atoms with E-state index < -0.39 is 0 Å². The maximum atomic E-state index is 4.45. The molecule has 0 atom stereocenters. The first-order valence-electron chi connectivity index (χ1n) is 6.83. The van der Waals surface area contributed by atoms with Gasteiger partial charge in [-0.25, -0.2) is 9.97 Å². The highest BCUT2D eigenvalue weighted by Gasteiger charge is 2.07. The number of rotatable bonds is 1. The highest BCUT2D eigenvalue weighted by atomic mass is 79.9. The number of halogens is 2. The third kappa shape index (κ3) is 2.42. The van der Waals surface area contributed by atoms with Crippen LogP contribution in [0.25, 0.3) is 32.9 Å². The molecule has 0 saturated carbocycles. The van der Waals surface area contributed by atoms with Crippen molar-refractivity contribution in [3.05, 3.63) is 69.9 Å². The molecule has 22 heavy (non-hydrogen) atoms. The van der Waals surface area contributed by atoms with Gasteiger partial charge in [0.2, 0.25) is 0 Å². The Morgan fingerprint density at radius 1 is 0.636 bits per heavy atom. The lowest BCUT2D eigenvalue weighted by Crippen LogP contribution is -1.90. The summed E-state index contributed by atoms with van der Waals surface area (Å²) in [6.07, 6.45) is 0. The molecule has 0 aliphatic carbocycles. The van der Waals surface area contributed by atoms with Crippen LogP contribution in [0.5, 0.6) is 0 Å². The maximum absolute atomic E-state index is 4.45. The average molecular weight is 414 g/mol. The van der Waals surface area contributed by atoms with Crippen LogP contribution in [0, 0.1) is 0 Å². The predicted octanol–water partition coefficient (Wildman–Crippen LogP) is 5.98. The number of benzene rings is 3. The van der Waals surface area contributed by atoms with Gasteiger partial charge in [0.15, 0.2) is 5.82 Å². The van der Waals surface area contributed by atoms with Crippen LogP contribution in [0.4, 0.5) is 0 Å². The summed E-state index contributed by atoms with van der Waals surface area (Å²) >= 11 is 6.82. The van der Waals surface area contributed by atoms with Crippen LogP contribution in [0.15, 0.2) is 69.9 Å². The second-order valence-electron chi connectivity index (χ2n) is 5.06. The third-order valence-corrected chi connectivity index (χ3v) is 4.48. The Morgan fingerprint density at radius 2 is 1.32 bits per heavy atom. The van der Waals surface area contributed by atoms with Gasteiger partial charge in [0.05, 0.1) is 0 Å². The van der Waals surface area contributed by atoms with Crippen LogP contribution >= 0.6 is 31.9 Å². The van der Waals surface area contributed by atoms with Crippen molar-refractivity contribution in [2.75, 3.05) is 0 Å². The van der Waals surface area contributed by atoms with Crippen molar-refractivity contribution in [1.29, 1.82) is 0 Å². The molecule has 4 aromatic rings. The van der Waals surface area contributed by atoms with Gasteiger partial charge in [0.1, 0.15) is 9.21 Å². The number of aromatic nitrogens is 2. The molecule has 4 rings (SSSR count). The smallest absolute Gasteiger partial charge is 0.161 e. The molecule has 0 radical (unpaired) electrons. The van der Waals surface area contributed by atoms with Gasteiger partial charge in [-0.15, -0.1) is 0 Å². The standard InChI is InChI=1S/C18H10Br2N2/c19-16-10-17(20)22-18(21-16)13-7-8-15-12(9-13)6-5-11-3-1-2-4-14(11)15/h1-10H. The second-order valence-corrected chi connectivity index (χ2v) is 6.68. The highest BCUT2D eigenvalue weighted by molar-refractivity contribution is 9.11. The summed E-state index contributed by atoms with van der Waals surface area (Å²) < 4.78 is 1.53. The summed E-state index contributed by atoms with van der Waals surface area (Å²) in [5, 5.41) is 4.96. The molecule has 3 aromatic carbocycles. The zero-order valence-electron chi connectivity index (χ0n) is 11.4. The molecule has 106 valence electrons. The van der Waals surface area contributed by atoms with E-state index in [2.05, 4.69) is 96.4 Å². The minimum absolute atomic E-state index is 0.705. The zero-order valence-corrected chi connectivity index (χ0v) is 14.6. The van der Waals surface area contributed by atoms with E-state index in [4.69, 9.17) is 0 Å². The summed E-state index contributed by atoms with van der Waals surface area (Å²) in [6, 6.07) is 20.9. The van der Waals surface area contributed by atoms with Crippen molar-refractivity contribution in [2.45, 2.75) is 0 Å². The topological polar surface area (TPSA) is 25.8 Å². The number of fused-ring (bicyclic) bond motifs is 3. The van der Waals surface area contributed by atoms with E-state index >= 15 is 0 Å². The van der Waals surface area contributed by atoms with Gasteiger partial charge in [-0.3, -0.25) is 0 Å². The van der Waals surface area contributed by atoms with E-state index in [0.29, 0.717) is 5.82 Å². The molecule has 2 nitrogen and oxygen atoms in total. The van der Waals surface area contributed by atoms with E-state index in [1.807, 2.05) is 6.07 Å². The molecule has 0 fully saturated rings. The molecule has 1 aromatic heterocycles. The Hall–Kier alpha value is -1.78. The lowest BCUT2D eigenvalue weighted by molar-refractivity contribution is 1.12. The lowest BCUT2D eigenvalue weighted by Gasteiger charge is -2.07. The maximum Gasteiger partial charge on any atom is 0.161 e. The Bertz CT molecular complexity index is 992. The fraction of sp³-hybridized carbons (Fsp3) is 0. The molecule has 4 heteroatoms. The van der Waals surface area contributed by atoms with Gasteiger partial charge >= 0.3 is 0 Å². The van der Waals surface area contributed by atoms with Crippen molar-refractivity contribution in [3.8, 4) is 11.4 Å². The highest BCUT2D eigenvalue weighted by Crippen LogP contribution is 2.29. The number of nitrogens with zero attached hydrogens (tertiary/aromatic N) is 2. The van der Waals surface area contributed by atoms with Gasteiger partial charge in [0.25, 0.3) is 0 Å². The minimum Gasteiger partial charge on any atom is -0.221 e. The summed E-state index contributed by atoms with van der Waals surface area (Å²) in [5.41, 5.74) is 1.00. The van der Waals surface area contributed by atoms with E-state index in [1.165, 1.54) is 21.5 Å². The van der Waals surface area contributed by atoms with Crippen molar-refractivity contribution < 1.29 is 0 Å². The molecule has 0 aliphatic rings. The first kappa shape index (κ1) is 13.9. The van der Waals surface area contributed by atoms with E-state index in [9.17, 15) is 0 Å². The van der Waals surface area contributed by atoms with Gasteiger partial charge in [-0.1, -0.05) is 48.5 Å². The van der Waals surface area contributed by atoms with E-state index in [-0.39, 0.29) is 0 Å². The summed E-state index contributed by atoms with van der Waals surface area (Å²) in [4.78, 5) is 8.90. The molecule has 0 saturated heterocycles. The van der Waals surface area contributed by atoms with Gasteiger partial charge < -0.3 is 0 Å². The van der Waals surface area contributed by atoms with Crippen LogP contribution in [0.3, 0.4) is 0 Å². The monoisotopic (exact) mass is 412 g/mol. The fourth-order valence-electron chi connectivity index (χ4n) is 2.67. The Balaban J connectivity index is 1.96. The summed E-state index contributed by atoms with van der Waals surface area (Å²) in [7, 11) is 0. The molecule has 0 N–H and O–H groups in total. The first-order chi connectivity index (χ1) is 10.7. The van der Waals surface area contributed by atoms with Crippen LogP contribution in [0.2, 0.25) is 0 Å². The fourth-order valence-corrected chi connectivity index (χ4v) is 3.75. The third-order valence-electron chi connectivity index (χ3n) is 3.67. The molecule has 0 unspecified atom stereocenters. The van der Waals surface area contributed by atoms with Crippen molar-refractivity contribution in [1.82, 2.24) is 9.97 Å². The predicted molar refractivity (Wildman–Crippen MR) is 97.9 cm³/mol. The largest absolute Gasteiger partial charge is 0.221 e. The van der Waals surface area contributed by atoms with Crippen molar-refractivity contribution in [2.24, 2.45) is 0 Å². The normalized spacial score (nSPS) is 11.2. The number of hydrogen-bond acceptors (Lipinski definition) is 2. The molecule has 0 bridgehead atoms. The van der Waals surface area contributed by atoms with Gasteiger partial charge in [-0.05, 0) is 59.5 Å². The first-order valence-corrected chi connectivity index (χ1v) is 8.41. The molecular formula is C18H10Br2N2. The number of hydrogen-bond donors (Lipinski definition) is 0.